The number of nitrogens with one attached hydrogen (secondary N) is 2. The van der Waals surface area contributed by atoms with E-state index in [0.29, 0.717) is 19.4 Å². The predicted molar refractivity (Wildman–Crippen MR) is 116 cm³/mol. The Labute approximate surface area is 188 Å². The molecule has 11 heteroatoms. The Balaban J connectivity index is 0.00000302. The van der Waals surface area contributed by atoms with Crippen LogP contribution in [0.5, 0.6) is 0 Å². The number of ether oxygens (including phenoxy) is 1. The molecule has 5 amide bonds. The van der Waals surface area contributed by atoms with Gasteiger partial charge in [-0.3, -0.25) is 33.7 Å². The van der Waals surface area contributed by atoms with Gasteiger partial charge in [0.2, 0.25) is 18.2 Å². The SMILES string of the molecule is CCCCOC(=O)C(C)CNC(=O)CCCCC(=O)NCCN1C(=O)C=CC1=O.NC=O. The standard InChI is InChI=1S/C20H31N3O6.CH3NO/c1-3-4-13-29-20(28)15(2)14-22-17(25)8-6-5-7-16(24)21-11-12-23-18(26)9-10-19(23)27;2-1-3/h9-10,15H,3-8,11-14H2,1-2H3,(H,21,24)(H,22,25);1H,(H2,2,3). The van der Waals surface area contributed by atoms with E-state index >= 15 is 0 Å². The summed E-state index contributed by atoms with van der Waals surface area (Å²) in [6.45, 7) is 4.68. The molecule has 1 aliphatic heterocycles. The Bertz CT molecular complexity index is 661. The number of nitrogens with zero attached hydrogens (tertiary/aromatic N) is 1. The summed E-state index contributed by atoms with van der Waals surface area (Å²) in [6, 6.07) is 0. The first-order valence-electron chi connectivity index (χ1n) is 10.7. The van der Waals surface area contributed by atoms with Crippen molar-refractivity contribution >= 4 is 36.0 Å². The Hall–Kier alpha value is -3.24. The van der Waals surface area contributed by atoms with Crippen molar-refractivity contribution in [3.8, 4) is 0 Å². The third kappa shape index (κ3) is 13.1. The molecule has 0 aliphatic carbocycles. The highest BCUT2D eigenvalue weighted by atomic mass is 16.5. The van der Waals surface area contributed by atoms with Gasteiger partial charge in [-0.05, 0) is 19.3 Å². The zero-order valence-electron chi connectivity index (χ0n) is 18.8. The van der Waals surface area contributed by atoms with Gasteiger partial charge in [0, 0.05) is 44.6 Å². The van der Waals surface area contributed by atoms with Crippen molar-refractivity contribution in [1.29, 1.82) is 0 Å². The van der Waals surface area contributed by atoms with Crippen LogP contribution in [0.4, 0.5) is 0 Å². The normalized spacial score (nSPS) is 13.1. The van der Waals surface area contributed by atoms with Gasteiger partial charge in [-0.25, -0.2) is 0 Å². The lowest BCUT2D eigenvalue weighted by Gasteiger charge is -2.14. The molecule has 32 heavy (non-hydrogen) atoms. The van der Waals surface area contributed by atoms with Gasteiger partial charge < -0.3 is 21.1 Å². The lowest BCUT2D eigenvalue weighted by molar-refractivity contribution is -0.148. The highest BCUT2D eigenvalue weighted by molar-refractivity contribution is 6.12. The fraction of sp³-hybridized carbons (Fsp3) is 0.619. The van der Waals surface area contributed by atoms with E-state index in [0.717, 1.165) is 17.7 Å². The minimum atomic E-state index is -0.397. The molecule has 0 aromatic heterocycles. The molecule has 1 aliphatic rings. The molecule has 0 aromatic rings. The maximum atomic E-state index is 11.8. The number of carbonyl (C=O) groups is 6. The lowest BCUT2D eigenvalue weighted by Crippen LogP contribution is -2.38. The molecule has 4 N–H and O–H groups in total. The number of primary amides is 1. The molecular weight excluding hydrogens is 420 g/mol. The minimum Gasteiger partial charge on any atom is -0.465 e. The maximum absolute atomic E-state index is 11.8. The molecule has 1 unspecified atom stereocenters. The largest absolute Gasteiger partial charge is 0.465 e. The first-order valence-corrected chi connectivity index (χ1v) is 10.7. The third-order valence-corrected chi connectivity index (χ3v) is 4.37. The van der Waals surface area contributed by atoms with Crippen LogP contribution in [0.15, 0.2) is 12.2 Å². The van der Waals surface area contributed by atoms with Gasteiger partial charge in [-0.1, -0.05) is 20.3 Å². The Morgan fingerprint density at radius 3 is 2.12 bits per heavy atom. The smallest absolute Gasteiger partial charge is 0.310 e. The first-order chi connectivity index (χ1) is 15.3. The van der Waals surface area contributed by atoms with Gasteiger partial charge in [0.1, 0.15) is 0 Å². The predicted octanol–water partition coefficient (Wildman–Crippen LogP) is -0.215. The molecule has 0 spiro atoms. The summed E-state index contributed by atoms with van der Waals surface area (Å²) in [7, 11) is 0. The highest BCUT2D eigenvalue weighted by Gasteiger charge is 2.22. The van der Waals surface area contributed by atoms with Gasteiger partial charge >= 0.3 is 5.97 Å². The van der Waals surface area contributed by atoms with Crippen molar-refractivity contribution in [3.05, 3.63) is 12.2 Å². The summed E-state index contributed by atoms with van der Waals surface area (Å²) in [6.07, 6.45) is 6.03. The summed E-state index contributed by atoms with van der Waals surface area (Å²) in [5.41, 5.74) is 4.17. The van der Waals surface area contributed by atoms with Gasteiger partial charge in [0.15, 0.2) is 0 Å². The topological polar surface area (TPSA) is 165 Å². The summed E-state index contributed by atoms with van der Waals surface area (Å²) in [5.74, 6) is -1.83. The van der Waals surface area contributed by atoms with Crippen molar-refractivity contribution in [2.24, 2.45) is 11.7 Å². The van der Waals surface area contributed by atoms with Crippen LogP contribution in [-0.2, 0) is 33.5 Å². The van der Waals surface area contributed by atoms with Crippen molar-refractivity contribution in [1.82, 2.24) is 15.5 Å². The average Bonchev–Trinajstić information content (AvgIpc) is 3.07. The van der Waals surface area contributed by atoms with Crippen LogP contribution >= 0.6 is 0 Å². The molecule has 0 radical (unpaired) electrons. The monoisotopic (exact) mass is 454 g/mol. The fourth-order valence-electron chi connectivity index (χ4n) is 2.52. The number of carbonyl (C=O) groups excluding carboxylic acids is 6. The number of esters is 1. The zero-order chi connectivity index (χ0) is 24.4. The fourth-order valence-corrected chi connectivity index (χ4v) is 2.52. The average molecular weight is 455 g/mol. The summed E-state index contributed by atoms with van der Waals surface area (Å²) in [4.78, 5) is 67.7. The van der Waals surface area contributed by atoms with E-state index in [4.69, 9.17) is 9.53 Å². The zero-order valence-corrected chi connectivity index (χ0v) is 18.8. The van der Waals surface area contributed by atoms with E-state index in [1.54, 1.807) is 6.92 Å². The molecule has 0 fully saturated rings. The highest BCUT2D eigenvalue weighted by Crippen LogP contribution is 2.03. The summed E-state index contributed by atoms with van der Waals surface area (Å²) < 4.78 is 5.10. The van der Waals surface area contributed by atoms with Crippen LogP contribution in [0, 0.1) is 5.92 Å². The van der Waals surface area contributed by atoms with E-state index in [-0.39, 0.29) is 68.5 Å². The van der Waals surface area contributed by atoms with Crippen LogP contribution in [-0.4, -0.2) is 67.1 Å². The second kappa shape index (κ2) is 17.4. The lowest BCUT2D eigenvalue weighted by atomic mass is 10.1. The molecule has 0 aromatic carbocycles. The number of nitrogens with two attached hydrogens (primary N) is 1. The second-order valence-electron chi connectivity index (χ2n) is 7.08. The van der Waals surface area contributed by atoms with Crippen LogP contribution in [0.1, 0.15) is 52.4 Å². The van der Waals surface area contributed by atoms with Crippen LogP contribution < -0.4 is 16.4 Å². The molecule has 11 nitrogen and oxygen atoms in total. The number of hydrogen-bond acceptors (Lipinski definition) is 7. The second-order valence-corrected chi connectivity index (χ2v) is 7.08. The molecule has 0 saturated heterocycles. The molecule has 1 atom stereocenters. The van der Waals surface area contributed by atoms with E-state index in [2.05, 4.69) is 16.4 Å². The molecule has 1 heterocycles. The van der Waals surface area contributed by atoms with Crippen molar-refractivity contribution in [2.45, 2.75) is 52.4 Å². The van der Waals surface area contributed by atoms with Gasteiger partial charge in [-0.2, -0.15) is 0 Å². The Morgan fingerprint density at radius 1 is 1.06 bits per heavy atom. The third-order valence-electron chi connectivity index (χ3n) is 4.37. The van der Waals surface area contributed by atoms with Gasteiger partial charge in [0.25, 0.3) is 11.8 Å². The number of hydrogen-bond donors (Lipinski definition) is 3. The molecule has 0 bridgehead atoms. The maximum Gasteiger partial charge on any atom is 0.310 e. The van der Waals surface area contributed by atoms with Crippen molar-refractivity contribution in [2.75, 3.05) is 26.2 Å². The summed E-state index contributed by atoms with van der Waals surface area (Å²) in [5, 5.41) is 5.35. The van der Waals surface area contributed by atoms with E-state index in [9.17, 15) is 24.0 Å². The minimum absolute atomic E-state index is 0.137. The van der Waals surface area contributed by atoms with E-state index < -0.39 is 5.92 Å². The van der Waals surface area contributed by atoms with Gasteiger partial charge in [0.05, 0.1) is 12.5 Å². The van der Waals surface area contributed by atoms with E-state index in [1.807, 2.05) is 6.92 Å². The molecular formula is C21H34N4O7. The van der Waals surface area contributed by atoms with E-state index in [1.165, 1.54) is 12.2 Å². The van der Waals surface area contributed by atoms with Gasteiger partial charge in [-0.15, -0.1) is 0 Å². The summed E-state index contributed by atoms with van der Waals surface area (Å²) >= 11 is 0. The molecule has 0 saturated carbocycles. The van der Waals surface area contributed by atoms with Crippen molar-refractivity contribution < 1.29 is 33.5 Å². The number of unbranched alkanes of at least 4 members (excludes halogenated alkanes) is 2. The Morgan fingerprint density at radius 2 is 1.59 bits per heavy atom. The first kappa shape index (κ1) is 28.8. The number of amides is 5. The Kier molecular flexibility index (Phi) is 15.7. The number of imide groups is 1. The van der Waals surface area contributed by atoms with Crippen molar-refractivity contribution in [3.63, 3.8) is 0 Å². The molecule has 1 rings (SSSR count). The quantitative estimate of drug-likeness (QED) is 0.141. The van der Waals surface area contributed by atoms with Crippen LogP contribution in [0.3, 0.4) is 0 Å². The van der Waals surface area contributed by atoms with Crippen LogP contribution in [0.2, 0.25) is 0 Å². The van der Waals surface area contributed by atoms with Crippen LogP contribution in [0.25, 0.3) is 0 Å². The molecule has 180 valence electrons. The number of rotatable bonds is 14.